The number of rotatable bonds is 19. The number of benzene rings is 4. The molecule has 45 heavy (non-hydrogen) atoms. The normalized spacial score (nSPS) is 11.3. The van der Waals surface area contributed by atoms with E-state index in [0.717, 1.165) is 42.3 Å². The zero-order valence-electron chi connectivity index (χ0n) is 26.2. The van der Waals surface area contributed by atoms with Gasteiger partial charge in [0.15, 0.2) is 0 Å². The summed E-state index contributed by atoms with van der Waals surface area (Å²) in [5.41, 5.74) is 9.43. The van der Waals surface area contributed by atoms with Crippen LogP contribution in [0.15, 0.2) is 111 Å². The fraction of sp³-hybridized carbons (Fsp3) is 0.333. The fourth-order valence-electron chi connectivity index (χ4n) is 4.31. The third kappa shape index (κ3) is 12.0. The molecule has 4 aromatic carbocycles. The number of unbranched alkanes of at least 4 members (excludes halogenated alkanes) is 6. The van der Waals surface area contributed by atoms with Gasteiger partial charge in [0.25, 0.3) is 0 Å². The summed E-state index contributed by atoms with van der Waals surface area (Å²) in [6, 6.07) is 26.9. The van der Waals surface area contributed by atoms with Crippen LogP contribution in [-0.4, -0.2) is 13.2 Å². The fourth-order valence-corrected chi connectivity index (χ4v) is 4.31. The first-order valence-corrected chi connectivity index (χ1v) is 15.8. The van der Waals surface area contributed by atoms with E-state index in [0.29, 0.717) is 23.7 Å². The van der Waals surface area contributed by atoms with Crippen LogP contribution in [0, 0.1) is 5.82 Å². The van der Waals surface area contributed by atoms with Crippen LogP contribution in [0.4, 0.5) is 38.5 Å². The van der Waals surface area contributed by atoms with Crippen molar-refractivity contribution in [3.05, 3.63) is 96.8 Å². The molecule has 2 N–H and O–H groups in total. The minimum atomic E-state index is -0.455. The first-order chi connectivity index (χ1) is 22.1. The van der Waals surface area contributed by atoms with Crippen LogP contribution < -0.4 is 20.3 Å². The van der Waals surface area contributed by atoms with Crippen molar-refractivity contribution in [2.24, 2.45) is 20.5 Å². The number of halogens is 1. The molecule has 9 heteroatoms. The molecule has 0 radical (unpaired) electrons. The third-order valence-corrected chi connectivity index (χ3v) is 6.93. The lowest BCUT2D eigenvalue weighted by molar-refractivity contribution is 0.305. The molecule has 0 amide bonds. The van der Waals surface area contributed by atoms with Crippen LogP contribution in [0.3, 0.4) is 0 Å². The summed E-state index contributed by atoms with van der Waals surface area (Å²) < 4.78 is 26.3. The molecule has 0 aliphatic heterocycles. The maximum absolute atomic E-state index is 14.7. The van der Waals surface area contributed by atoms with Gasteiger partial charge in [-0.05, 0) is 97.8 Å². The second-order valence-electron chi connectivity index (χ2n) is 10.7. The largest absolute Gasteiger partial charge is 0.494 e. The van der Waals surface area contributed by atoms with Gasteiger partial charge in [-0.25, -0.2) is 4.39 Å². The van der Waals surface area contributed by atoms with Crippen LogP contribution >= 0.6 is 0 Å². The Labute approximate surface area is 265 Å². The number of azo groups is 2. The number of nitrogens with zero attached hydrogens (tertiary/aromatic N) is 4. The molecular weight excluding hydrogens is 567 g/mol. The van der Waals surface area contributed by atoms with Gasteiger partial charge in [0.1, 0.15) is 17.3 Å². The predicted molar refractivity (Wildman–Crippen MR) is 181 cm³/mol. The number of hydrogen-bond acceptors (Lipinski definition) is 8. The molecule has 0 aliphatic rings. The molecule has 0 spiro atoms. The summed E-state index contributed by atoms with van der Waals surface area (Å²) in [4.78, 5) is 0. The summed E-state index contributed by atoms with van der Waals surface area (Å²) in [6.45, 7) is 5.82. The Morgan fingerprint density at radius 1 is 0.511 bits per heavy atom. The number of ether oxygens (including phenoxy) is 2. The van der Waals surface area contributed by atoms with Crippen LogP contribution in [-0.2, 0) is 0 Å². The van der Waals surface area contributed by atoms with Crippen molar-refractivity contribution in [2.75, 3.05) is 24.1 Å². The highest BCUT2D eigenvalue weighted by Gasteiger charge is 2.04. The summed E-state index contributed by atoms with van der Waals surface area (Å²) >= 11 is 0. The molecule has 0 heterocycles. The minimum Gasteiger partial charge on any atom is -0.494 e. The molecule has 0 aromatic heterocycles. The highest BCUT2D eigenvalue weighted by molar-refractivity contribution is 5.58. The maximum Gasteiger partial charge on any atom is 0.150 e. The van der Waals surface area contributed by atoms with E-state index < -0.39 is 5.82 Å². The molecule has 4 aromatic rings. The van der Waals surface area contributed by atoms with Gasteiger partial charge in [-0.3, -0.25) is 5.43 Å². The zero-order chi connectivity index (χ0) is 31.5. The molecule has 0 saturated heterocycles. The smallest absolute Gasteiger partial charge is 0.150 e. The predicted octanol–water partition coefficient (Wildman–Crippen LogP) is 12.0. The minimum absolute atomic E-state index is 0.284. The zero-order valence-corrected chi connectivity index (χ0v) is 26.2. The number of anilines is 2. The van der Waals surface area contributed by atoms with Gasteiger partial charge in [0.2, 0.25) is 0 Å². The Bertz CT molecular complexity index is 1480. The van der Waals surface area contributed by atoms with E-state index in [4.69, 9.17) is 9.47 Å². The molecule has 0 aliphatic carbocycles. The monoisotopic (exact) mass is 610 g/mol. The number of hydrogen-bond donors (Lipinski definition) is 2. The molecule has 0 atom stereocenters. The van der Waals surface area contributed by atoms with Gasteiger partial charge in [-0.2, -0.15) is 20.5 Å². The molecule has 0 unspecified atom stereocenters. The quantitative estimate of drug-likeness (QED) is 0.0627. The van der Waals surface area contributed by atoms with Crippen molar-refractivity contribution in [3.8, 4) is 11.5 Å². The summed E-state index contributed by atoms with van der Waals surface area (Å²) in [5.74, 6) is 1.19. The van der Waals surface area contributed by atoms with Gasteiger partial charge in [0.05, 0.1) is 47.3 Å². The maximum atomic E-state index is 14.7. The van der Waals surface area contributed by atoms with Gasteiger partial charge in [0, 0.05) is 6.07 Å². The summed E-state index contributed by atoms with van der Waals surface area (Å²) in [5, 5.41) is 17.0. The third-order valence-electron chi connectivity index (χ3n) is 6.93. The van der Waals surface area contributed by atoms with Crippen molar-refractivity contribution in [2.45, 2.75) is 65.2 Å². The standard InChI is InChI=1S/C36H43FN6O2/c1-3-5-7-9-25-44-33-20-15-30(16-21-33)39-38-28-11-13-29(14-12-28)41-43-36-24-19-32(27-35(36)37)42-40-31-17-22-34(23-18-31)45-26-10-8-6-4-2/h11-24,27,41,43H,3-10,25-26H2,1-2H3/b39-38+,42-40+. The molecule has 236 valence electrons. The van der Waals surface area contributed by atoms with Crippen molar-refractivity contribution in [1.29, 1.82) is 0 Å². The van der Waals surface area contributed by atoms with Crippen molar-refractivity contribution >= 4 is 34.1 Å². The van der Waals surface area contributed by atoms with E-state index in [9.17, 15) is 4.39 Å². The van der Waals surface area contributed by atoms with E-state index in [2.05, 4.69) is 45.2 Å². The molecule has 4 rings (SSSR count). The SMILES string of the molecule is CCCCCCOc1ccc(/N=N/c2ccc(NNc3ccc(/N=N/c4ccc(OCCCCCC)cc4)cc3F)cc2)cc1. The second-order valence-corrected chi connectivity index (χ2v) is 10.7. The van der Waals surface area contributed by atoms with E-state index >= 15 is 0 Å². The first-order valence-electron chi connectivity index (χ1n) is 15.8. The lowest BCUT2D eigenvalue weighted by Crippen LogP contribution is -2.09. The number of nitrogens with one attached hydrogen (secondary N) is 2. The van der Waals surface area contributed by atoms with E-state index in [-0.39, 0.29) is 5.69 Å². The lowest BCUT2D eigenvalue weighted by Gasteiger charge is -2.11. The van der Waals surface area contributed by atoms with Crippen LogP contribution in [0.1, 0.15) is 65.2 Å². The van der Waals surface area contributed by atoms with Gasteiger partial charge in [-0.15, -0.1) is 0 Å². The molecule has 0 bridgehead atoms. The molecule has 0 fully saturated rings. The van der Waals surface area contributed by atoms with E-state index in [1.807, 2.05) is 72.8 Å². The summed E-state index contributed by atoms with van der Waals surface area (Å²) in [7, 11) is 0. The van der Waals surface area contributed by atoms with Gasteiger partial charge in [-0.1, -0.05) is 52.4 Å². The van der Waals surface area contributed by atoms with Crippen LogP contribution in [0.5, 0.6) is 11.5 Å². The molecular formula is C36H43FN6O2. The molecule has 0 saturated carbocycles. The Hall–Kier alpha value is -4.79. The van der Waals surface area contributed by atoms with Crippen molar-refractivity contribution in [1.82, 2.24) is 0 Å². The average molecular weight is 611 g/mol. The second kappa shape index (κ2) is 18.8. The number of hydrazine groups is 1. The van der Waals surface area contributed by atoms with Crippen LogP contribution in [0.25, 0.3) is 0 Å². The molecule has 8 nitrogen and oxygen atoms in total. The van der Waals surface area contributed by atoms with E-state index in [1.165, 1.54) is 44.6 Å². The Kier molecular flexibility index (Phi) is 13.8. The van der Waals surface area contributed by atoms with Crippen LogP contribution in [0.2, 0.25) is 0 Å². The lowest BCUT2D eigenvalue weighted by atomic mass is 10.2. The van der Waals surface area contributed by atoms with E-state index in [1.54, 1.807) is 12.1 Å². The highest BCUT2D eigenvalue weighted by Crippen LogP contribution is 2.26. The highest BCUT2D eigenvalue weighted by atomic mass is 19.1. The Balaban J connectivity index is 1.20. The topological polar surface area (TPSA) is 92.0 Å². The summed E-state index contributed by atoms with van der Waals surface area (Å²) in [6.07, 6.45) is 9.37. The van der Waals surface area contributed by atoms with Gasteiger partial charge < -0.3 is 14.9 Å². The Morgan fingerprint density at radius 2 is 0.956 bits per heavy atom. The first kappa shape index (κ1) is 33.1. The Morgan fingerprint density at radius 3 is 1.42 bits per heavy atom. The van der Waals surface area contributed by atoms with Crippen molar-refractivity contribution < 1.29 is 13.9 Å². The van der Waals surface area contributed by atoms with Gasteiger partial charge >= 0.3 is 0 Å². The van der Waals surface area contributed by atoms with Crippen molar-refractivity contribution in [3.63, 3.8) is 0 Å². The average Bonchev–Trinajstić information content (AvgIpc) is 3.07.